The molecule has 0 heterocycles. The molecule has 1 N–H and O–H groups in total. The van der Waals surface area contributed by atoms with E-state index in [1.54, 1.807) is 0 Å². The number of hydrogen-bond donors (Lipinski definition) is 1. The number of halogens is 1. The average molecular weight is 317 g/mol. The number of fused-ring (bicyclic) bond motifs is 1. The molecule has 5 atom stereocenters. The summed E-state index contributed by atoms with van der Waals surface area (Å²) in [7, 11) is 0. The van der Waals surface area contributed by atoms with Gasteiger partial charge < -0.3 is 5.11 Å². The van der Waals surface area contributed by atoms with Crippen LogP contribution in [-0.2, 0) is 0 Å². The largest absolute Gasteiger partial charge is 0.393 e. The van der Waals surface area contributed by atoms with Crippen molar-refractivity contribution in [3.05, 3.63) is 0 Å². The molecule has 0 aromatic carbocycles. The zero-order valence-corrected chi connectivity index (χ0v) is 14.7. The molecule has 0 aromatic heterocycles. The van der Waals surface area contributed by atoms with E-state index in [1.807, 2.05) is 0 Å². The van der Waals surface area contributed by atoms with Gasteiger partial charge in [-0.25, -0.2) is 0 Å². The van der Waals surface area contributed by atoms with Crippen LogP contribution in [0.3, 0.4) is 0 Å². The van der Waals surface area contributed by atoms with E-state index in [9.17, 15) is 5.11 Å². The van der Waals surface area contributed by atoms with Gasteiger partial charge in [0.15, 0.2) is 0 Å². The second-order valence-corrected chi connectivity index (χ2v) is 10.1. The summed E-state index contributed by atoms with van der Waals surface area (Å²) in [5, 5.41) is 11.2. The predicted molar refractivity (Wildman–Crippen MR) is 88.5 cm³/mol. The topological polar surface area (TPSA) is 20.2 Å². The predicted octanol–water partition coefficient (Wildman–Crippen LogP) is 4.70. The number of aliphatic hydroxyl groups is 1. The first kappa shape index (κ1) is 15.5. The third-order valence-electron chi connectivity index (χ3n) is 6.81. The van der Waals surface area contributed by atoms with E-state index < -0.39 is 0 Å². The van der Waals surface area contributed by atoms with Crippen molar-refractivity contribution < 1.29 is 5.11 Å². The molecule has 0 saturated heterocycles. The zero-order valence-electron chi connectivity index (χ0n) is 13.1. The lowest BCUT2D eigenvalue weighted by Crippen LogP contribution is -2.53. The van der Waals surface area contributed by atoms with E-state index >= 15 is 0 Å². The van der Waals surface area contributed by atoms with E-state index in [1.165, 1.54) is 32.1 Å². The van der Waals surface area contributed by atoms with Gasteiger partial charge in [-0.1, -0.05) is 20.8 Å². The Morgan fingerprint density at radius 2 is 1.95 bits per heavy atom. The monoisotopic (exact) mass is 316 g/mol. The molecule has 3 rings (SSSR count). The van der Waals surface area contributed by atoms with Crippen LogP contribution in [0.4, 0.5) is 0 Å². The molecule has 1 nitrogen and oxygen atoms in total. The lowest BCUT2D eigenvalue weighted by molar-refractivity contribution is -0.114. The third kappa shape index (κ3) is 2.16. The van der Waals surface area contributed by atoms with Crippen LogP contribution in [0.5, 0.6) is 0 Å². The van der Waals surface area contributed by atoms with Crippen LogP contribution in [0.2, 0.25) is 0 Å². The first-order valence-corrected chi connectivity index (χ1v) is 9.78. The lowest BCUT2D eigenvalue weighted by atomic mass is 9.49. The van der Waals surface area contributed by atoms with E-state index in [0.717, 1.165) is 29.2 Å². The summed E-state index contributed by atoms with van der Waals surface area (Å²) in [5.41, 5.74) is 1.12. The highest BCUT2D eigenvalue weighted by molar-refractivity contribution is 8.00. The summed E-state index contributed by atoms with van der Waals surface area (Å²) in [6, 6.07) is 0. The van der Waals surface area contributed by atoms with Crippen molar-refractivity contribution >= 4 is 23.4 Å². The molecule has 0 amide bonds. The Balaban J connectivity index is 1.92. The number of aliphatic hydroxyl groups excluding tert-OH is 1. The van der Waals surface area contributed by atoms with Crippen LogP contribution in [0.1, 0.15) is 59.3 Å². The van der Waals surface area contributed by atoms with Crippen molar-refractivity contribution in [3.63, 3.8) is 0 Å². The van der Waals surface area contributed by atoms with Crippen LogP contribution in [0.25, 0.3) is 0 Å². The second-order valence-electron chi connectivity index (χ2n) is 8.45. The fourth-order valence-corrected chi connectivity index (χ4v) is 7.81. The first-order chi connectivity index (χ1) is 9.34. The van der Waals surface area contributed by atoms with Crippen molar-refractivity contribution in [2.24, 2.45) is 22.2 Å². The standard InChI is InChI=1S/C17H29ClOS/c1-15(2)10-14(20-9-8-18)17-7-5-13(19)16(3,11-17)6-4-12(15)17/h12-14,19H,4-11H2,1-3H3/t12-,13+,14-,16+,17+/m0/s1. The summed E-state index contributed by atoms with van der Waals surface area (Å²) < 4.78 is 0. The van der Waals surface area contributed by atoms with Gasteiger partial charge >= 0.3 is 0 Å². The highest BCUT2D eigenvalue weighted by Gasteiger charge is 2.64. The Labute approximate surface area is 133 Å². The number of rotatable bonds is 3. The normalized spacial score (nSPS) is 50.0. The van der Waals surface area contributed by atoms with Gasteiger partial charge in [0.2, 0.25) is 0 Å². The minimum Gasteiger partial charge on any atom is -0.393 e. The highest BCUT2D eigenvalue weighted by atomic mass is 35.5. The molecule has 3 aliphatic carbocycles. The number of hydrogen-bond acceptors (Lipinski definition) is 2. The zero-order chi connectivity index (χ0) is 14.6. The Kier molecular flexibility index (Phi) is 3.92. The van der Waals surface area contributed by atoms with Crippen molar-refractivity contribution in [2.75, 3.05) is 11.6 Å². The Morgan fingerprint density at radius 3 is 2.65 bits per heavy atom. The maximum absolute atomic E-state index is 10.5. The van der Waals surface area contributed by atoms with Crippen molar-refractivity contribution in [1.29, 1.82) is 0 Å². The second kappa shape index (κ2) is 5.06. The Hall–Kier alpha value is 0.600. The van der Waals surface area contributed by atoms with Crippen LogP contribution < -0.4 is 0 Å². The molecule has 0 aliphatic heterocycles. The van der Waals surface area contributed by atoms with Crippen LogP contribution in [0.15, 0.2) is 0 Å². The molecular weight excluding hydrogens is 288 g/mol. The summed E-state index contributed by atoms with van der Waals surface area (Å²) in [4.78, 5) is 0. The first-order valence-electron chi connectivity index (χ1n) is 8.20. The summed E-state index contributed by atoms with van der Waals surface area (Å²) >= 11 is 8.06. The van der Waals surface area contributed by atoms with Crippen molar-refractivity contribution in [3.8, 4) is 0 Å². The summed E-state index contributed by atoms with van der Waals surface area (Å²) in [5.74, 6) is 2.70. The minimum absolute atomic E-state index is 0.0727. The van der Waals surface area contributed by atoms with Gasteiger partial charge in [0.05, 0.1) is 6.10 Å². The summed E-state index contributed by atoms with van der Waals surface area (Å²) in [6.07, 6.45) is 7.30. The molecule has 3 saturated carbocycles. The molecule has 0 aromatic rings. The molecule has 2 bridgehead atoms. The van der Waals surface area contributed by atoms with Crippen LogP contribution in [-0.4, -0.2) is 28.1 Å². The van der Waals surface area contributed by atoms with E-state index in [2.05, 4.69) is 32.5 Å². The fourth-order valence-electron chi connectivity index (χ4n) is 5.93. The van der Waals surface area contributed by atoms with E-state index in [0.29, 0.717) is 10.8 Å². The van der Waals surface area contributed by atoms with Crippen LogP contribution >= 0.6 is 23.4 Å². The van der Waals surface area contributed by atoms with E-state index in [-0.39, 0.29) is 11.5 Å². The van der Waals surface area contributed by atoms with Gasteiger partial charge in [-0.2, -0.15) is 11.8 Å². The average Bonchev–Trinajstić information content (AvgIpc) is 2.59. The Morgan fingerprint density at radius 1 is 1.20 bits per heavy atom. The van der Waals surface area contributed by atoms with Crippen molar-refractivity contribution in [1.82, 2.24) is 0 Å². The number of alkyl halides is 1. The molecule has 3 aliphatic rings. The van der Waals surface area contributed by atoms with Gasteiger partial charge in [0, 0.05) is 16.9 Å². The molecular formula is C17H29ClOS. The maximum Gasteiger partial charge on any atom is 0.0594 e. The van der Waals surface area contributed by atoms with Crippen LogP contribution in [0, 0.1) is 22.2 Å². The summed E-state index contributed by atoms with van der Waals surface area (Å²) in [6.45, 7) is 7.30. The van der Waals surface area contributed by atoms with Crippen molar-refractivity contribution in [2.45, 2.75) is 70.7 Å². The quantitative estimate of drug-likeness (QED) is 0.761. The van der Waals surface area contributed by atoms with Gasteiger partial charge in [0.1, 0.15) is 0 Å². The molecule has 20 heavy (non-hydrogen) atoms. The molecule has 0 radical (unpaired) electrons. The smallest absolute Gasteiger partial charge is 0.0594 e. The highest BCUT2D eigenvalue weighted by Crippen LogP contribution is 2.70. The van der Waals surface area contributed by atoms with Gasteiger partial charge in [-0.3, -0.25) is 0 Å². The molecule has 3 fully saturated rings. The van der Waals surface area contributed by atoms with Gasteiger partial charge in [-0.15, -0.1) is 11.6 Å². The maximum atomic E-state index is 10.5. The lowest BCUT2D eigenvalue weighted by Gasteiger charge is -2.58. The fraction of sp³-hybridized carbons (Fsp3) is 1.00. The van der Waals surface area contributed by atoms with E-state index in [4.69, 9.17) is 11.6 Å². The van der Waals surface area contributed by atoms with Gasteiger partial charge in [-0.05, 0) is 60.7 Å². The molecule has 1 spiro atoms. The third-order valence-corrected chi connectivity index (χ3v) is 8.70. The molecule has 3 heteroatoms. The van der Waals surface area contributed by atoms with Gasteiger partial charge in [0.25, 0.3) is 0 Å². The Bertz CT molecular complexity index is 385. The molecule has 116 valence electrons. The molecule has 0 unspecified atom stereocenters. The SMILES string of the molecule is CC1(C)C[C@H](SCCCl)[C@@]23CC[C@@H](O)[C@](C)(CC[C@@H]12)C3. The number of thioether (sulfide) groups is 1. The minimum atomic E-state index is -0.0727.